The summed E-state index contributed by atoms with van der Waals surface area (Å²) in [4.78, 5) is 19.7. The Balaban J connectivity index is 1.42. The Morgan fingerprint density at radius 3 is 2.45 bits per heavy atom. The molecule has 4 rings (SSSR count). The molecule has 2 aliphatic heterocycles. The predicted molar refractivity (Wildman–Crippen MR) is 116 cm³/mol. The fraction of sp³-hybridized carbons (Fsp3) is 0.565. The molecule has 29 heavy (non-hydrogen) atoms. The fourth-order valence-corrected chi connectivity index (χ4v) is 5.03. The van der Waals surface area contributed by atoms with E-state index in [9.17, 15) is 4.79 Å². The van der Waals surface area contributed by atoms with Crippen LogP contribution in [-0.2, 0) is 24.9 Å². The van der Waals surface area contributed by atoms with Crippen LogP contribution in [0.1, 0.15) is 43.6 Å². The van der Waals surface area contributed by atoms with Gasteiger partial charge in [-0.1, -0.05) is 12.1 Å². The molecule has 0 radical (unpaired) electrons. The second kappa shape index (κ2) is 8.19. The first-order chi connectivity index (χ1) is 14.0. The van der Waals surface area contributed by atoms with E-state index in [4.69, 9.17) is 0 Å². The van der Waals surface area contributed by atoms with E-state index in [2.05, 4.69) is 64.0 Å². The lowest BCUT2D eigenvalue weighted by Crippen LogP contribution is -2.37. The van der Waals surface area contributed by atoms with Gasteiger partial charge in [-0.3, -0.25) is 14.4 Å². The van der Waals surface area contributed by atoms with Gasteiger partial charge in [-0.05, 0) is 51.0 Å². The van der Waals surface area contributed by atoms with Crippen LogP contribution >= 0.6 is 0 Å². The lowest BCUT2D eigenvalue weighted by molar-refractivity contribution is -0.129. The summed E-state index contributed by atoms with van der Waals surface area (Å²) in [6.07, 6.45) is 1.70. The van der Waals surface area contributed by atoms with Crippen LogP contribution in [0.25, 0.3) is 0 Å². The molecule has 2 saturated heterocycles. The number of benzene rings is 1. The Hall–Kier alpha value is -2.34. The van der Waals surface area contributed by atoms with E-state index in [1.165, 1.54) is 11.3 Å². The number of anilines is 1. The van der Waals surface area contributed by atoms with Gasteiger partial charge in [0, 0.05) is 57.4 Å². The molecule has 6 heteroatoms. The Bertz CT molecular complexity index is 855. The molecule has 0 unspecified atom stereocenters. The summed E-state index contributed by atoms with van der Waals surface area (Å²) in [6, 6.07) is 11.7. The van der Waals surface area contributed by atoms with Crippen molar-refractivity contribution in [1.82, 2.24) is 19.6 Å². The maximum absolute atomic E-state index is 12.8. The van der Waals surface area contributed by atoms with Gasteiger partial charge in [0.25, 0.3) is 0 Å². The topological polar surface area (TPSA) is 44.6 Å². The molecule has 0 bridgehead atoms. The highest BCUT2D eigenvalue weighted by Gasteiger charge is 2.46. The van der Waals surface area contributed by atoms with Gasteiger partial charge >= 0.3 is 0 Å². The highest BCUT2D eigenvalue weighted by atomic mass is 16.2. The third kappa shape index (κ3) is 3.90. The molecule has 2 aromatic rings. The van der Waals surface area contributed by atoms with Crippen LogP contribution < -0.4 is 4.90 Å². The number of carbonyl (C=O) groups excluding carboxylic acids is 1. The van der Waals surface area contributed by atoms with Gasteiger partial charge in [-0.15, -0.1) is 0 Å². The van der Waals surface area contributed by atoms with Crippen molar-refractivity contribution in [2.75, 3.05) is 24.5 Å². The number of aryl methyl sites for hydroxylation is 2. The third-order valence-electron chi connectivity index (χ3n) is 6.61. The summed E-state index contributed by atoms with van der Waals surface area (Å²) < 4.78 is 1.90. The van der Waals surface area contributed by atoms with Crippen molar-refractivity contribution in [3.8, 4) is 0 Å². The van der Waals surface area contributed by atoms with Crippen molar-refractivity contribution < 1.29 is 4.79 Å². The van der Waals surface area contributed by atoms with E-state index in [0.717, 1.165) is 44.0 Å². The predicted octanol–water partition coefficient (Wildman–Crippen LogP) is 2.95. The van der Waals surface area contributed by atoms with Gasteiger partial charge in [0.05, 0.1) is 17.9 Å². The smallest absolute Gasteiger partial charge is 0.224 e. The summed E-state index contributed by atoms with van der Waals surface area (Å²) in [5.41, 5.74) is 4.73. The average Bonchev–Trinajstić information content (AvgIpc) is 3.33. The van der Waals surface area contributed by atoms with Gasteiger partial charge in [0.15, 0.2) is 0 Å². The highest BCUT2D eigenvalue weighted by Crippen LogP contribution is 2.34. The molecular formula is C23H33N5O. The van der Waals surface area contributed by atoms with Crippen molar-refractivity contribution in [2.24, 2.45) is 7.05 Å². The lowest BCUT2D eigenvalue weighted by Gasteiger charge is -2.26. The number of aromatic nitrogens is 2. The normalized spacial score (nSPS) is 21.8. The van der Waals surface area contributed by atoms with Gasteiger partial charge in [0.1, 0.15) is 0 Å². The van der Waals surface area contributed by atoms with E-state index in [1.807, 2.05) is 18.7 Å². The van der Waals surface area contributed by atoms with Crippen molar-refractivity contribution in [3.05, 3.63) is 47.3 Å². The number of carbonyl (C=O) groups is 1. The number of amides is 1. The molecule has 0 N–H and O–H groups in total. The molecule has 1 amide bonds. The van der Waals surface area contributed by atoms with Crippen molar-refractivity contribution in [3.63, 3.8) is 0 Å². The maximum Gasteiger partial charge on any atom is 0.224 e. The monoisotopic (exact) mass is 395 g/mol. The SMILES string of the molecule is CCN(CC)c1ccc(CN2CC[C@H]3[C@@H]2CC(=O)N3Cc2cc(C)nn2C)cc1. The molecule has 1 aromatic carbocycles. The van der Waals surface area contributed by atoms with E-state index < -0.39 is 0 Å². The van der Waals surface area contributed by atoms with Crippen molar-refractivity contribution in [1.29, 1.82) is 0 Å². The van der Waals surface area contributed by atoms with Crippen LogP contribution in [0.5, 0.6) is 0 Å². The third-order valence-corrected chi connectivity index (χ3v) is 6.61. The molecule has 2 aliphatic rings. The van der Waals surface area contributed by atoms with E-state index in [-0.39, 0.29) is 5.91 Å². The van der Waals surface area contributed by atoms with Crippen molar-refractivity contribution >= 4 is 11.6 Å². The zero-order valence-corrected chi connectivity index (χ0v) is 18.1. The molecule has 0 spiro atoms. The van der Waals surface area contributed by atoms with Crippen LogP contribution in [0.2, 0.25) is 0 Å². The van der Waals surface area contributed by atoms with E-state index >= 15 is 0 Å². The molecule has 6 nitrogen and oxygen atoms in total. The van der Waals surface area contributed by atoms with Gasteiger partial charge in [0.2, 0.25) is 5.91 Å². The number of hydrogen-bond donors (Lipinski definition) is 0. The largest absolute Gasteiger partial charge is 0.372 e. The molecule has 156 valence electrons. The number of hydrogen-bond acceptors (Lipinski definition) is 4. The van der Waals surface area contributed by atoms with Crippen molar-refractivity contribution in [2.45, 2.75) is 58.8 Å². The number of rotatable bonds is 7. The van der Waals surface area contributed by atoms with Gasteiger partial charge in [-0.25, -0.2) is 0 Å². The summed E-state index contributed by atoms with van der Waals surface area (Å²) in [5, 5.41) is 4.43. The zero-order valence-electron chi connectivity index (χ0n) is 18.1. The summed E-state index contributed by atoms with van der Waals surface area (Å²) in [5.74, 6) is 0.278. The van der Waals surface area contributed by atoms with Gasteiger partial charge < -0.3 is 9.80 Å². The molecule has 0 aliphatic carbocycles. The minimum absolute atomic E-state index is 0.278. The Morgan fingerprint density at radius 2 is 1.83 bits per heavy atom. The molecule has 1 aromatic heterocycles. The van der Waals surface area contributed by atoms with Crippen LogP contribution in [0, 0.1) is 6.92 Å². The standard InChI is InChI=1S/C23H33N5O/c1-5-26(6-2)19-9-7-18(8-10-19)15-27-12-11-21-22(27)14-23(29)28(21)16-20-13-17(3)24-25(20)4/h7-10,13,21-22H,5-6,11-12,14-16H2,1-4H3/t21-,22-/m0/s1. The number of likely N-dealkylation sites (tertiary alicyclic amines) is 2. The zero-order chi connectivity index (χ0) is 20.5. The maximum atomic E-state index is 12.8. The second-order valence-corrected chi connectivity index (χ2v) is 8.36. The number of nitrogens with zero attached hydrogens (tertiary/aromatic N) is 5. The first-order valence-corrected chi connectivity index (χ1v) is 10.9. The van der Waals surface area contributed by atoms with Gasteiger partial charge in [-0.2, -0.15) is 5.10 Å². The first-order valence-electron chi connectivity index (χ1n) is 10.9. The van der Waals surface area contributed by atoms with E-state index in [0.29, 0.717) is 25.0 Å². The Kier molecular flexibility index (Phi) is 5.63. The first kappa shape index (κ1) is 20.0. The van der Waals surface area contributed by atoms with E-state index in [1.54, 1.807) is 0 Å². The molecule has 2 fully saturated rings. The Labute approximate surface area is 174 Å². The summed E-state index contributed by atoms with van der Waals surface area (Å²) in [6.45, 7) is 11.1. The molecule has 0 saturated carbocycles. The molecule has 3 heterocycles. The summed E-state index contributed by atoms with van der Waals surface area (Å²) >= 11 is 0. The minimum atomic E-state index is 0.278. The Morgan fingerprint density at radius 1 is 1.10 bits per heavy atom. The van der Waals surface area contributed by atoms with Crippen LogP contribution in [0.15, 0.2) is 30.3 Å². The molecule has 2 atom stereocenters. The summed E-state index contributed by atoms with van der Waals surface area (Å²) in [7, 11) is 1.96. The number of fused-ring (bicyclic) bond motifs is 1. The quantitative estimate of drug-likeness (QED) is 0.723. The second-order valence-electron chi connectivity index (χ2n) is 8.36. The lowest BCUT2D eigenvalue weighted by atomic mass is 10.1. The molecular weight excluding hydrogens is 362 g/mol. The minimum Gasteiger partial charge on any atom is -0.372 e. The average molecular weight is 396 g/mol. The highest BCUT2D eigenvalue weighted by molar-refractivity contribution is 5.80. The van der Waals surface area contributed by atoms with Crippen LogP contribution in [-0.4, -0.2) is 57.2 Å². The van der Waals surface area contributed by atoms with Crippen LogP contribution in [0.3, 0.4) is 0 Å². The fourth-order valence-electron chi connectivity index (χ4n) is 5.03. The van der Waals surface area contributed by atoms with Crippen LogP contribution in [0.4, 0.5) is 5.69 Å².